The van der Waals surface area contributed by atoms with Crippen molar-refractivity contribution in [1.82, 2.24) is 0 Å². The molecule has 0 aliphatic heterocycles. The molecule has 4 heteroatoms. The Balaban J connectivity index is 2.87. The molecular formula is C11H11NO2S. The Bertz CT molecular complexity index is 396. The van der Waals surface area contributed by atoms with Crippen molar-refractivity contribution < 1.29 is 9.59 Å². The molecule has 0 fully saturated rings. The first-order valence-corrected chi connectivity index (χ1v) is 5.14. The van der Waals surface area contributed by atoms with Crippen LogP contribution >= 0.6 is 11.8 Å². The van der Waals surface area contributed by atoms with Gasteiger partial charge in [0.2, 0.25) is 0 Å². The van der Waals surface area contributed by atoms with Gasteiger partial charge in [0.1, 0.15) is 0 Å². The molecule has 0 bridgehead atoms. The molecule has 1 rings (SSSR count). The number of hydrogen-bond donors (Lipinski definition) is 1. The summed E-state index contributed by atoms with van der Waals surface area (Å²) in [5, 5.41) is -0.583. The second kappa shape index (κ2) is 5.36. The highest BCUT2D eigenvalue weighted by Gasteiger charge is 2.01. The van der Waals surface area contributed by atoms with Gasteiger partial charge in [0.25, 0.3) is 5.24 Å². The molecule has 0 unspecified atom stereocenters. The molecule has 1 aromatic carbocycles. The third-order valence-electron chi connectivity index (χ3n) is 1.72. The van der Waals surface area contributed by atoms with E-state index in [-0.39, 0.29) is 0 Å². The number of primary amides is 1. The first kappa shape index (κ1) is 11.5. The van der Waals surface area contributed by atoms with Crippen LogP contribution in [-0.2, 0) is 4.79 Å². The van der Waals surface area contributed by atoms with Crippen LogP contribution in [0.25, 0.3) is 6.08 Å². The number of carbonyl (C=O) groups is 2. The lowest BCUT2D eigenvalue weighted by molar-refractivity contribution is -0.104. The van der Waals surface area contributed by atoms with Gasteiger partial charge < -0.3 is 5.73 Å². The molecule has 0 aliphatic carbocycles. The van der Waals surface area contributed by atoms with Gasteiger partial charge in [-0.15, -0.1) is 0 Å². The van der Waals surface area contributed by atoms with Crippen molar-refractivity contribution in [3.05, 3.63) is 40.3 Å². The maximum Gasteiger partial charge on any atom is 0.281 e. The van der Waals surface area contributed by atoms with Crippen LogP contribution in [0.2, 0.25) is 0 Å². The van der Waals surface area contributed by atoms with Crippen molar-refractivity contribution in [3.63, 3.8) is 0 Å². The summed E-state index contributed by atoms with van der Waals surface area (Å²) in [6.07, 6.45) is 2.25. The maximum atomic E-state index is 10.6. The monoisotopic (exact) mass is 221 g/mol. The summed E-state index contributed by atoms with van der Waals surface area (Å²) in [6, 6.07) is 7.62. The number of hydrogen-bond acceptors (Lipinski definition) is 3. The Kier molecular flexibility index (Phi) is 4.12. The predicted octanol–water partition coefficient (Wildman–Crippen LogP) is 2.35. The van der Waals surface area contributed by atoms with E-state index in [9.17, 15) is 9.59 Å². The Morgan fingerprint density at radius 3 is 2.40 bits per heavy atom. The van der Waals surface area contributed by atoms with E-state index in [0.29, 0.717) is 11.2 Å². The third kappa shape index (κ3) is 3.99. The topological polar surface area (TPSA) is 60.2 Å². The van der Waals surface area contributed by atoms with E-state index < -0.39 is 5.24 Å². The summed E-state index contributed by atoms with van der Waals surface area (Å²) in [7, 11) is 0. The van der Waals surface area contributed by atoms with E-state index in [2.05, 4.69) is 0 Å². The summed E-state index contributed by atoms with van der Waals surface area (Å²) in [5.41, 5.74) is 6.98. The zero-order valence-corrected chi connectivity index (χ0v) is 9.08. The van der Waals surface area contributed by atoms with Crippen LogP contribution in [0.1, 0.15) is 11.1 Å². The fourth-order valence-corrected chi connectivity index (χ4v) is 1.51. The van der Waals surface area contributed by atoms with Crippen molar-refractivity contribution in [2.75, 3.05) is 0 Å². The molecule has 1 amide bonds. The summed E-state index contributed by atoms with van der Waals surface area (Å²) >= 11 is 0.731. The van der Waals surface area contributed by atoms with Crippen molar-refractivity contribution in [2.24, 2.45) is 5.73 Å². The summed E-state index contributed by atoms with van der Waals surface area (Å²) < 4.78 is 0. The number of allylic oxidation sites excluding steroid dienone is 1. The molecule has 78 valence electrons. The molecule has 0 heterocycles. The van der Waals surface area contributed by atoms with Crippen LogP contribution in [0.5, 0.6) is 0 Å². The highest BCUT2D eigenvalue weighted by atomic mass is 32.2. The average molecular weight is 221 g/mol. The Labute approximate surface area is 92.4 Å². The number of benzene rings is 1. The van der Waals surface area contributed by atoms with Crippen molar-refractivity contribution >= 4 is 29.4 Å². The number of aldehydes is 1. The number of thioether (sulfide) groups is 1. The standard InChI is InChI=1S/C11H11NO2S/c1-8-2-4-9(5-3-8)6-10(7-13)15-11(12)14/h2-7H,1H3,(H2,12,14)/b10-6-. The Hall–Kier alpha value is -1.55. The Morgan fingerprint density at radius 1 is 1.33 bits per heavy atom. The molecule has 0 radical (unpaired) electrons. The van der Waals surface area contributed by atoms with Gasteiger partial charge in [-0.05, 0) is 30.3 Å². The Morgan fingerprint density at radius 2 is 1.93 bits per heavy atom. The number of nitrogens with two attached hydrogens (primary N) is 1. The van der Waals surface area contributed by atoms with Crippen LogP contribution in [0.15, 0.2) is 29.2 Å². The minimum atomic E-state index is -0.583. The van der Waals surface area contributed by atoms with E-state index >= 15 is 0 Å². The zero-order chi connectivity index (χ0) is 11.3. The quantitative estimate of drug-likeness (QED) is 0.629. The molecule has 3 nitrogen and oxygen atoms in total. The van der Waals surface area contributed by atoms with Gasteiger partial charge in [0, 0.05) is 0 Å². The molecule has 0 spiro atoms. The molecule has 0 aliphatic rings. The second-order valence-corrected chi connectivity index (χ2v) is 4.07. The SMILES string of the molecule is Cc1ccc(/C=C(/C=O)SC(N)=O)cc1. The van der Waals surface area contributed by atoms with E-state index in [1.165, 1.54) is 0 Å². The molecular weight excluding hydrogens is 210 g/mol. The molecule has 0 saturated heterocycles. The van der Waals surface area contributed by atoms with Crippen molar-refractivity contribution in [2.45, 2.75) is 6.92 Å². The second-order valence-electron chi connectivity index (χ2n) is 3.00. The molecule has 0 aromatic heterocycles. The van der Waals surface area contributed by atoms with Gasteiger partial charge in [0.15, 0.2) is 6.29 Å². The van der Waals surface area contributed by atoms with E-state index in [1.54, 1.807) is 6.08 Å². The van der Waals surface area contributed by atoms with Gasteiger partial charge in [-0.1, -0.05) is 29.8 Å². The zero-order valence-electron chi connectivity index (χ0n) is 8.27. The summed E-state index contributed by atoms with van der Waals surface area (Å²) in [5.74, 6) is 0. The smallest absolute Gasteiger partial charge is 0.281 e. The minimum Gasteiger partial charge on any atom is -0.360 e. The largest absolute Gasteiger partial charge is 0.360 e. The van der Waals surface area contributed by atoms with Crippen LogP contribution in [-0.4, -0.2) is 11.5 Å². The minimum absolute atomic E-state index is 0.311. The van der Waals surface area contributed by atoms with Crippen LogP contribution in [0, 0.1) is 6.92 Å². The number of rotatable bonds is 3. The van der Waals surface area contributed by atoms with Crippen LogP contribution in [0.4, 0.5) is 4.79 Å². The van der Waals surface area contributed by atoms with Crippen molar-refractivity contribution in [1.29, 1.82) is 0 Å². The molecule has 0 saturated carbocycles. The van der Waals surface area contributed by atoms with Gasteiger partial charge in [-0.3, -0.25) is 9.59 Å². The summed E-state index contributed by atoms with van der Waals surface area (Å²) in [4.78, 5) is 21.5. The first-order chi connectivity index (χ1) is 7.11. The van der Waals surface area contributed by atoms with Gasteiger partial charge in [-0.2, -0.15) is 0 Å². The van der Waals surface area contributed by atoms with E-state index in [4.69, 9.17) is 5.73 Å². The predicted molar refractivity (Wildman–Crippen MR) is 62.4 cm³/mol. The lowest BCUT2D eigenvalue weighted by atomic mass is 10.1. The lowest BCUT2D eigenvalue weighted by Crippen LogP contribution is -2.02. The highest BCUT2D eigenvalue weighted by molar-refractivity contribution is 8.17. The lowest BCUT2D eigenvalue weighted by Gasteiger charge is -1.97. The van der Waals surface area contributed by atoms with E-state index in [1.807, 2.05) is 31.2 Å². The molecule has 15 heavy (non-hydrogen) atoms. The van der Waals surface area contributed by atoms with E-state index in [0.717, 1.165) is 22.9 Å². The molecule has 2 N–H and O–H groups in total. The van der Waals surface area contributed by atoms with Crippen LogP contribution < -0.4 is 5.73 Å². The number of carbonyl (C=O) groups excluding carboxylic acids is 2. The highest BCUT2D eigenvalue weighted by Crippen LogP contribution is 2.17. The summed E-state index contributed by atoms with van der Waals surface area (Å²) in [6.45, 7) is 1.98. The number of amides is 1. The normalized spacial score (nSPS) is 11.1. The third-order valence-corrected chi connectivity index (χ3v) is 2.37. The van der Waals surface area contributed by atoms with Gasteiger partial charge >= 0.3 is 0 Å². The number of aryl methyl sites for hydroxylation is 1. The molecule has 0 atom stereocenters. The average Bonchev–Trinajstić information content (AvgIpc) is 2.19. The van der Waals surface area contributed by atoms with Crippen LogP contribution in [0.3, 0.4) is 0 Å². The van der Waals surface area contributed by atoms with Gasteiger partial charge in [0.05, 0.1) is 4.91 Å². The first-order valence-electron chi connectivity index (χ1n) is 4.32. The molecule has 1 aromatic rings. The fraction of sp³-hybridized carbons (Fsp3) is 0.0909. The fourth-order valence-electron chi connectivity index (χ4n) is 1.03. The van der Waals surface area contributed by atoms with Crippen molar-refractivity contribution in [3.8, 4) is 0 Å². The van der Waals surface area contributed by atoms with Gasteiger partial charge in [-0.25, -0.2) is 0 Å². The maximum absolute atomic E-state index is 10.6.